The predicted molar refractivity (Wildman–Crippen MR) is 90.2 cm³/mol. The first kappa shape index (κ1) is 18.0. The smallest absolute Gasteiger partial charge is 0.410 e. The van der Waals surface area contributed by atoms with E-state index in [4.69, 9.17) is 9.47 Å². The Balaban J connectivity index is 1.96. The van der Waals surface area contributed by atoms with Crippen molar-refractivity contribution in [1.82, 2.24) is 9.88 Å². The van der Waals surface area contributed by atoms with Gasteiger partial charge in [0.15, 0.2) is 5.69 Å². The molecule has 1 aromatic heterocycles. The number of ether oxygens (including phenoxy) is 2. The molecule has 0 aliphatic carbocycles. The second-order valence-electron chi connectivity index (χ2n) is 6.56. The van der Waals surface area contributed by atoms with E-state index >= 15 is 0 Å². The molecule has 1 saturated heterocycles. The van der Waals surface area contributed by atoms with Crippen LogP contribution in [0.2, 0.25) is 0 Å². The van der Waals surface area contributed by atoms with Gasteiger partial charge in [0.1, 0.15) is 11.4 Å². The summed E-state index contributed by atoms with van der Waals surface area (Å²) in [7, 11) is 0. The third-order valence-electron chi connectivity index (χ3n) is 3.47. The van der Waals surface area contributed by atoms with Crippen molar-refractivity contribution in [3.05, 3.63) is 23.9 Å². The third kappa shape index (κ3) is 4.84. The molecule has 0 saturated carbocycles. The normalized spacial score (nSPS) is 15.2. The van der Waals surface area contributed by atoms with Gasteiger partial charge in [-0.25, -0.2) is 14.6 Å². The summed E-state index contributed by atoms with van der Waals surface area (Å²) < 4.78 is 10.4. The van der Waals surface area contributed by atoms with Crippen LogP contribution in [-0.4, -0.2) is 60.3 Å². The molecule has 24 heavy (non-hydrogen) atoms. The number of carbonyl (C=O) groups is 2. The zero-order valence-corrected chi connectivity index (χ0v) is 14.7. The maximum Gasteiger partial charge on any atom is 0.410 e. The van der Waals surface area contributed by atoms with Crippen LogP contribution < -0.4 is 4.90 Å². The number of hydrogen-bond donors (Lipinski definition) is 0. The fraction of sp³-hybridized carbons (Fsp3) is 0.588. The molecule has 0 bridgehead atoms. The van der Waals surface area contributed by atoms with Gasteiger partial charge in [-0.2, -0.15) is 0 Å². The Morgan fingerprint density at radius 2 is 1.83 bits per heavy atom. The summed E-state index contributed by atoms with van der Waals surface area (Å²) in [5.41, 5.74) is -0.201. The summed E-state index contributed by atoms with van der Waals surface area (Å²) in [6.45, 7) is 10.0. The molecule has 7 nitrogen and oxygen atoms in total. The molecule has 1 aliphatic heterocycles. The monoisotopic (exact) mass is 335 g/mol. The topological polar surface area (TPSA) is 72.0 Å². The van der Waals surface area contributed by atoms with E-state index in [0.717, 1.165) is 0 Å². The highest BCUT2D eigenvalue weighted by Crippen LogP contribution is 2.17. The number of hydrogen-bond acceptors (Lipinski definition) is 6. The Kier molecular flexibility index (Phi) is 5.64. The number of amides is 1. The van der Waals surface area contributed by atoms with E-state index in [0.29, 0.717) is 44.3 Å². The van der Waals surface area contributed by atoms with Crippen molar-refractivity contribution in [2.24, 2.45) is 0 Å². The van der Waals surface area contributed by atoms with Gasteiger partial charge in [-0.1, -0.05) is 6.07 Å². The molecule has 0 N–H and O–H groups in total. The molecule has 2 heterocycles. The van der Waals surface area contributed by atoms with E-state index in [9.17, 15) is 9.59 Å². The molecule has 7 heteroatoms. The van der Waals surface area contributed by atoms with Crippen LogP contribution in [0.4, 0.5) is 10.6 Å². The second kappa shape index (κ2) is 7.51. The minimum atomic E-state index is -0.496. The Morgan fingerprint density at radius 1 is 1.17 bits per heavy atom. The van der Waals surface area contributed by atoms with Gasteiger partial charge in [0.2, 0.25) is 0 Å². The quantitative estimate of drug-likeness (QED) is 0.790. The molecule has 0 atom stereocenters. The first-order valence-electron chi connectivity index (χ1n) is 8.17. The first-order chi connectivity index (χ1) is 11.3. The van der Waals surface area contributed by atoms with Crippen molar-refractivity contribution in [2.45, 2.75) is 33.3 Å². The summed E-state index contributed by atoms with van der Waals surface area (Å²) in [4.78, 5) is 32.0. The largest absolute Gasteiger partial charge is 0.461 e. The highest BCUT2D eigenvalue weighted by atomic mass is 16.6. The standard InChI is InChI=1S/C17H25N3O4/c1-5-23-15(21)13-7-6-8-14(18-13)19-9-11-20(12-10-19)16(22)24-17(2,3)4/h6-8H,5,9-12H2,1-4H3. The van der Waals surface area contributed by atoms with Crippen LogP contribution >= 0.6 is 0 Å². The van der Waals surface area contributed by atoms with Crippen molar-refractivity contribution in [1.29, 1.82) is 0 Å². The summed E-state index contributed by atoms with van der Waals surface area (Å²) in [5.74, 6) is 0.288. The molecular weight excluding hydrogens is 310 g/mol. The lowest BCUT2D eigenvalue weighted by molar-refractivity contribution is 0.0240. The van der Waals surface area contributed by atoms with Crippen LogP contribution in [0, 0.1) is 0 Å². The lowest BCUT2D eigenvalue weighted by Crippen LogP contribution is -2.50. The Bertz CT molecular complexity index is 590. The Labute approximate surface area is 142 Å². The summed E-state index contributed by atoms with van der Waals surface area (Å²) in [6, 6.07) is 5.28. The molecule has 1 aliphatic rings. The van der Waals surface area contributed by atoms with Gasteiger partial charge in [-0.3, -0.25) is 0 Å². The van der Waals surface area contributed by atoms with Crippen LogP contribution in [0.5, 0.6) is 0 Å². The number of pyridine rings is 1. The average Bonchev–Trinajstić information content (AvgIpc) is 2.54. The molecule has 0 aromatic carbocycles. The van der Waals surface area contributed by atoms with Gasteiger partial charge in [0.25, 0.3) is 0 Å². The minimum Gasteiger partial charge on any atom is -0.461 e. The van der Waals surface area contributed by atoms with Crippen LogP contribution in [-0.2, 0) is 9.47 Å². The van der Waals surface area contributed by atoms with Gasteiger partial charge in [0, 0.05) is 26.2 Å². The van der Waals surface area contributed by atoms with E-state index < -0.39 is 11.6 Å². The van der Waals surface area contributed by atoms with Gasteiger partial charge in [-0.05, 0) is 39.8 Å². The van der Waals surface area contributed by atoms with E-state index in [1.807, 2.05) is 31.7 Å². The van der Waals surface area contributed by atoms with E-state index in [-0.39, 0.29) is 6.09 Å². The van der Waals surface area contributed by atoms with Crippen molar-refractivity contribution >= 4 is 17.9 Å². The fourth-order valence-corrected chi connectivity index (χ4v) is 2.36. The predicted octanol–water partition coefficient (Wildman–Crippen LogP) is 2.32. The highest BCUT2D eigenvalue weighted by molar-refractivity contribution is 5.87. The summed E-state index contributed by atoms with van der Waals surface area (Å²) >= 11 is 0. The summed E-state index contributed by atoms with van der Waals surface area (Å²) in [6.07, 6.45) is -0.296. The van der Waals surface area contributed by atoms with E-state index in [1.54, 1.807) is 24.0 Å². The highest BCUT2D eigenvalue weighted by Gasteiger charge is 2.26. The van der Waals surface area contributed by atoms with Crippen molar-refractivity contribution < 1.29 is 19.1 Å². The number of aromatic nitrogens is 1. The molecule has 0 unspecified atom stereocenters. The molecule has 1 amide bonds. The van der Waals surface area contributed by atoms with E-state index in [2.05, 4.69) is 4.98 Å². The number of carbonyl (C=O) groups excluding carboxylic acids is 2. The van der Waals surface area contributed by atoms with E-state index in [1.165, 1.54) is 0 Å². The fourth-order valence-electron chi connectivity index (χ4n) is 2.36. The zero-order valence-electron chi connectivity index (χ0n) is 14.7. The molecule has 1 aromatic rings. The number of esters is 1. The Morgan fingerprint density at radius 3 is 2.42 bits per heavy atom. The molecule has 0 radical (unpaired) electrons. The SMILES string of the molecule is CCOC(=O)c1cccc(N2CCN(C(=O)OC(C)(C)C)CC2)n1. The lowest BCUT2D eigenvalue weighted by atomic mass is 10.2. The molecule has 1 fully saturated rings. The Hall–Kier alpha value is -2.31. The van der Waals surface area contributed by atoms with Gasteiger partial charge in [0.05, 0.1) is 6.61 Å². The minimum absolute atomic E-state index is 0.295. The molecule has 132 valence electrons. The van der Waals surface area contributed by atoms with Crippen molar-refractivity contribution in [2.75, 3.05) is 37.7 Å². The zero-order chi connectivity index (χ0) is 17.7. The summed E-state index contributed by atoms with van der Waals surface area (Å²) in [5, 5.41) is 0. The molecule has 2 rings (SSSR count). The maximum absolute atomic E-state index is 12.1. The van der Waals surface area contributed by atoms with Crippen molar-refractivity contribution in [3.63, 3.8) is 0 Å². The van der Waals surface area contributed by atoms with Gasteiger partial charge >= 0.3 is 12.1 Å². The number of nitrogens with zero attached hydrogens (tertiary/aromatic N) is 3. The second-order valence-corrected chi connectivity index (χ2v) is 6.56. The lowest BCUT2D eigenvalue weighted by Gasteiger charge is -2.36. The van der Waals surface area contributed by atoms with Crippen LogP contribution in [0.15, 0.2) is 18.2 Å². The maximum atomic E-state index is 12.1. The third-order valence-corrected chi connectivity index (χ3v) is 3.47. The van der Waals surface area contributed by atoms with Gasteiger partial charge in [-0.15, -0.1) is 0 Å². The molecule has 0 spiro atoms. The van der Waals surface area contributed by atoms with Crippen LogP contribution in [0.1, 0.15) is 38.2 Å². The van der Waals surface area contributed by atoms with Crippen LogP contribution in [0.25, 0.3) is 0 Å². The first-order valence-corrected chi connectivity index (χ1v) is 8.17. The van der Waals surface area contributed by atoms with Crippen molar-refractivity contribution in [3.8, 4) is 0 Å². The molecular formula is C17H25N3O4. The average molecular weight is 335 g/mol. The number of piperazine rings is 1. The van der Waals surface area contributed by atoms with Crippen LogP contribution in [0.3, 0.4) is 0 Å². The van der Waals surface area contributed by atoms with Gasteiger partial charge < -0.3 is 19.3 Å². The number of rotatable bonds is 3. The number of anilines is 1.